The van der Waals surface area contributed by atoms with Crippen molar-refractivity contribution in [1.82, 2.24) is 0 Å². The smallest absolute Gasteiger partial charge is 0.426 e. The molecule has 52 heavy (non-hydrogen) atoms. The molecule has 0 saturated carbocycles. The van der Waals surface area contributed by atoms with Gasteiger partial charge in [-0.3, -0.25) is 9.98 Å². The van der Waals surface area contributed by atoms with Crippen LogP contribution in [0, 0.1) is 0 Å². The van der Waals surface area contributed by atoms with E-state index in [-0.39, 0.29) is 13.8 Å². The van der Waals surface area contributed by atoms with Crippen LogP contribution in [0.4, 0.5) is 0 Å². The molecule has 2 heterocycles. The maximum Gasteiger partial charge on any atom is 0.426 e. The highest BCUT2D eigenvalue weighted by Crippen LogP contribution is 2.31. The third-order valence-corrected chi connectivity index (χ3v) is 10.2. The van der Waals surface area contributed by atoms with Crippen molar-refractivity contribution in [3.05, 3.63) is 166 Å². The number of benzene rings is 5. The van der Waals surface area contributed by atoms with E-state index in [0.717, 1.165) is 90.6 Å². The lowest BCUT2D eigenvalue weighted by Crippen LogP contribution is -2.49. The summed E-state index contributed by atoms with van der Waals surface area (Å²) in [6.45, 7) is 12.2. The zero-order chi connectivity index (χ0) is 36.2. The first-order chi connectivity index (χ1) is 25.4. The van der Waals surface area contributed by atoms with Crippen LogP contribution in [0.5, 0.6) is 11.5 Å². The number of aliphatic imine (C=N–C) groups is 2. The van der Waals surface area contributed by atoms with Gasteiger partial charge in [-0.1, -0.05) is 135 Å². The molecule has 2 aliphatic rings. The Morgan fingerprint density at radius 1 is 0.442 bits per heavy atom. The second-order valence-corrected chi connectivity index (χ2v) is 13.5. The van der Waals surface area contributed by atoms with Gasteiger partial charge >= 0.3 is 13.8 Å². The van der Waals surface area contributed by atoms with Crippen LogP contribution in [-0.2, 0) is 0 Å². The number of allylic oxidation sites excluding steroid dienone is 2. The lowest BCUT2D eigenvalue weighted by atomic mass is 9.55. The van der Waals surface area contributed by atoms with Gasteiger partial charge in [0.05, 0.1) is 11.4 Å². The van der Waals surface area contributed by atoms with Crippen molar-refractivity contribution < 1.29 is 9.31 Å². The summed E-state index contributed by atoms with van der Waals surface area (Å²) in [4.78, 5) is 10.4. The zero-order valence-corrected chi connectivity index (χ0v) is 31.0. The molecule has 5 aromatic carbocycles. The Labute approximate surface area is 308 Å². The van der Waals surface area contributed by atoms with E-state index in [1.165, 1.54) is 11.1 Å². The number of hydrogen-bond donors (Lipinski definition) is 0. The number of rotatable bonds is 10. The molecule has 0 fully saturated rings. The third-order valence-electron chi connectivity index (χ3n) is 10.2. The molecule has 0 aromatic heterocycles. The van der Waals surface area contributed by atoms with Crippen LogP contribution in [0.1, 0.15) is 54.4 Å². The lowest BCUT2D eigenvalue weighted by Gasteiger charge is -2.21. The molecule has 0 saturated heterocycles. The van der Waals surface area contributed by atoms with E-state index in [4.69, 9.17) is 19.3 Å². The zero-order valence-electron chi connectivity index (χ0n) is 31.0. The topological polar surface area (TPSA) is 43.2 Å². The molecule has 0 amide bonds. The first kappa shape index (κ1) is 34.8. The normalized spacial score (nSPS) is 16.2. The summed E-state index contributed by atoms with van der Waals surface area (Å²) >= 11 is 0. The minimum atomic E-state index is -0.356. The van der Waals surface area contributed by atoms with E-state index in [9.17, 15) is 0 Å². The summed E-state index contributed by atoms with van der Waals surface area (Å²) in [7, 11) is 0. The maximum absolute atomic E-state index is 7.28. The lowest BCUT2D eigenvalue weighted by molar-refractivity contribution is 0.565. The van der Waals surface area contributed by atoms with Crippen molar-refractivity contribution in [3.8, 4) is 11.5 Å². The highest BCUT2D eigenvalue weighted by molar-refractivity contribution is 6.81. The molecule has 256 valence electrons. The van der Waals surface area contributed by atoms with Crippen LogP contribution >= 0.6 is 0 Å². The van der Waals surface area contributed by atoms with E-state index >= 15 is 0 Å². The Bertz CT molecular complexity index is 2100. The summed E-state index contributed by atoms with van der Waals surface area (Å²) in [5.41, 5.74) is 13.0. The number of nitrogens with zero attached hydrogens (tertiary/aromatic N) is 2. The molecule has 0 spiro atoms. The molecule has 5 aromatic rings. The molecular formula is C46H44B2N2O2. The van der Waals surface area contributed by atoms with Crippen LogP contribution in [0.2, 0.25) is 0 Å². The van der Waals surface area contributed by atoms with Crippen molar-refractivity contribution in [1.29, 1.82) is 0 Å². The van der Waals surface area contributed by atoms with Crippen LogP contribution in [-0.4, -0.2) is 25.3 Å². The van der Waals surface area contributed by atoms with Gasteiger partial charge in [0.2, 0.25) is 0 Å². The Balaban J connectivity index is 1.55. The van der Waals surface area contributed by atoms with Gasteiger partial charge in [-0.15, -0.1) is 0 Å². The average molecular weight is 678 g/mol. The summed E-state index contributed by atoms with van der Waals surface area (Å²) in [5, 5.41) is 1.79. The largest absolute Gasteiger partial charge is 0.551 e. The standard InChI is InChI=1S/C46H44B2N2O2/c1-7-39-31(3)45(49-33(39)5)41-29-44(52-48(37-25-17-11-18-26-37)38-27-19-12-20-28-38)42(46-32(4)40(8-2)34(6)50-46)30-43(41)51-47(35-21-13-9-14-22-35)36-23-15-10-16-24-36/h9-30H,7-8H2,1-6H3/b45-41+,46-42+. The summed E-state index contributed by atoms with van der Waals surface area (Å²) < 4.78 is 14.6. The molecule has 0 bridgehead atoms. The predicted molar refractivity (Wildman–Crippen MR) is 222 cm³/mol. The Kier molecular flexibility index (Phi) is 10.3. The Hall–Kier alpha value is -5.61. The molecule has 7 rings (SSSR count). The van der Waals surface area contributed by atoms with Crippen molar-refractivity contribution in [2.45, 2.75) is 54.4 Å². The van der Waals surface area contributed by atoms with Crippen LogP contribution in [0.25, 0.3) is 11.4 Å². The van der Waals surface area contributed by atoms with Crippen LogP contribution in [0.15, 0.2) is 166 Å². The van der Waals surface area contributed by atoms with Crippen molar-refractivity contribution in [3.63, 3.8) is 0 Å². The van der Waals surface area contributed by atoms with Gasteiger partial charge in [-0.2, -0.15) is 0 Å². The third kappa shape index (κ3) is 6.86. The second kappa shape index (κ2) is 15.3. The Morgan fingerprint density at radius 3 is 0.981 bits per heavy atom. The average Bonchev–Trinajstić information content (AvgIpc) is 3.65. The van der Waals surface area contributed by atoms with Gasteiger partial charge in [0.15, 0.2) is 0 Å². The Morgan fingerprint density at radius 2 is 0.731 bits per heavy atom. The number of hydrogen-bond acceptors (Lipinski definition) is 4. The fourth-order valence-electron chi connectivity index (χ4n) is 7.58. The summed E-state index contributed by atoms with van der Waals surface area (Å²) in [5.74, 6) is 1.47. The second-order valence-electron chi connectivity index (χ2n) is 13.5. The molecule has 4 nitrogen and oxygen atoms in total. The van der Waals surface area contributed by atoms with Gasteiger partial charge < -0.3 is 9.31 Å². The van der Waals surface area contributed by atoms with E-state index in [0.29, 0.717) is 0 Å². The molecule has 0 radical (unpaired) electrons. The summed E-state index contributed by atoms with van der Waals surface area (Å²) in [6.07, 6.45) is 1.80. The van der Waals surface area contributed by atoms with Gasteiger partial charge in [-0.25, -0.2) is 0 Å². The minimum absolute atomic E-state index is 0.356. The van der Waals surface area contributed by atoms with Gasteiger partial charge in [-0.05, 0) is 96.8 Å². The maximum atomic E-state index is 7.28. The fourth-order valence-corrected chi connectivity index (χ4v) is 7.58. The molecule has 0 aliphatic carbocycles. The van der Waals surface area contributed by atoms with Crippen LogP contribution in [0.3, 0.4) is 0 Å². The monoisotopic (exact) mass is 678 g/mol. The minimum Gasteiger partial charge on any atom is -0.551 e. The van der Waals surface area contributed by atoms with Crippen molar-refractivity contribution in [2.24, 2.45) is 9.98 Å². The van der Waals surface area contributed by atoms with E-state index in [2.05, 4.69) is 151 Å². The quantitative estimate of drug-likeness (QED) is 0.155. The van der Waals surface area contributed by atoms with E-state index in [1.807, 2.05) is 24.3 Å². The SMILES string of the molecule is CCC1=C(C)/C(=c2/cc(OB(c3ccccc3)c3ccccc3)/c(=C3/N=C(C)C(CC)=C3C)cc2OB(c2ccccc2)c2ccccc2)N=C1C. The van der Waals surface area contributed by atoms with Gasteiger partial charge in [0.25, 0.3) is 0 Å². The van der Waals surface area contributed by atoms with Gasteiger partial charge in [0, 0.05) is 21.9 Å². The summed E-state index contributed by atoms with van der Waals surface area (Å²) in [6, 6.07) is 46.1. The fraction of sp³-hybridized carbons (Fsp3) is 0.174. The van der Waals surface area contributed by atoms with Gasteiger partial charge in [0.1, 0.15) is 11.5 Å². The molecular weight excluding hydrogens is 634 g/mol. The molecule has 0 atom stereocenters. The molecule has 6 heteroatoms. The molecule has 2 aliphatic heterocycles. The first-order valence-electron chi connectivity index (χ1n) is 18.3. The van der Waals surface area contributed by atoms with E-state index < -0.39 is 0 Å². The first-order valence-corrected chi connectivity index (χ1v) is 18.3. The van der Waals surface area contributed by atoms with Crippen molar-refractivity contribution >= 4 is 58.5 Å². The van der Waals surface area contributed by atoms with Crippen molar-refractivity contribution in [2.75, 3.05) is 0 Å². The predicted octanol–water partition coefficient (Wildman–Crippen LogP) is 6.67. The molecule has 0 N–H and O–H groups in total. The van der Waals surface area contributed by atoms with E-state index in [1.54, 1.807) is 0 Å². The highest BCUT2D eigenvalue weighted by Gasteiger charge is 2.29. The highest BCUT2D eigenvalue weighted by atomic mass is 16.4. The molecule has 0 unspecified atom stereocenters. The van der Waals surface area contributed by atoms with Crippen LogP contribution < -0.4 is 41.6 Å².